The normalized spacial score (nSPS) is 17.8. The Balaban J connectivity index is 1.85. The largest absolute Gasteiger partial charge is 0.365 e. The number of aromatic amines is 1. The van der Waals surface area contributed by atoms with Crippen LogP contribution in [0.3, 0.4) is 0 Å². The zero-order valence-corrected chi connectivity index (χ0v) is 11.3. The van der Waals surface area contributed by atoms with Gasteiger partial charge in [-0.15, -0.1) is 0 Å². The Morgan fingerprint density at radius 1 is 1.32 bits per heavy atom. The van der Waals surface area contributed by atoms with Crippen molar-refractivity contribution in [3.05, 3.63) is 6.33 Å². The number of hydrogen-bond acceptors (Lipinski definition) is 6. The summed E-state index contributed by atoms with van der Waals surface area (Å²) in [5.74, 6) is 1.43. The SMILES string of the molecule is CNc1nc(NC2CCN(C)CC2)c2[nH]cnc2n1. The van der Waals surface area contributed by atoms with Gasteiger partial charge in [0.05, 0.1) is 6.33 Å². The third kappa shape index (κ3) is 2.46. The minimum atomic E-state index is 0.460. The van der Waals surface area contributed by atoms with Crippen LogP contribution in [0.1, 0.15) is 12.8 Å². The third-order valence-corrected chi connectivity index (χ3v) is 3.57. The molecule has 0 atom stereocenters. The van der Waals surface area contributed by atoms with E-state index in [4.69, 9.17) is 0 Å². The predicted octanol–water partition coefficient (Wildman–Crippen LogP) is 0.901. The maximum Gasteiger partial charge on any atom is 0.226 e. The molecule has 1 saturated heterocycles. The minimum absolute atomic E-state index is 0.460. The smallest absolute Gasteiger partial charge is 0.226 e. The quantitative estimate of drug-likeness (QED) is 0.761. The van der Waals surface area contributed by atoms with Gasteiger partial charge in [-0.2, -0.15) is 9.97 Å². The molecule has 1 aliphatic rings. The molecular weight excluding hydrogens is 242 g/mol. The topological polar surface area (TPSA) is 81.8 Å². The summed E-state index contributed by atoms with van der Waals surface area (Å²) in [6.45, 7) is 2.24. The van der Waals surface area contributed by atoms with Gasteiger partial charge in [0.2, 0.25) is 5.95 Å². The molecule has 1 fully saturated rings. The second-order valence-corrected chi connectivity index (χ2v) is 4.97. The van der Waals surface area contributed by atoms with Crippen molar-refractivity contribution in [2.45, 2.75) is 18.9 Å². The van der Waals surface area contributed by atoms with Crippen LogP contribution in [-0.4, -0.2) is 58.1 Å². The van der Waals surface area contributed by atoms with E-state index in [1.54, 1.807) is 6.33 Å². The van der Waals surface area contributed by atoms with E-state index in [9.17, 15) is 0 Å². The van der Waals surface area contributed by atoms with Crippen LogP contribution in [0.5, 0.6) is 0 Å². The molecule has 3 heterocycles. The number of nitrogens with one attached hydrogen (secondary N) is 3. The highest BCUT2D eigenvalue weighted by atomic mass is 15.2. The standard InChI is InChI=1S/C12H19N7/c1-13-12-17-10-9(14-7-15-10)11(18-12)16-8-3-5-19(2)6-4-8/h7-8H,3-6H2,1-2H3,(H3,13,14,15,16,17,18). The molecule has 3 rings (SSSR count). The molecule has 2 aromatic rings. The molecule has 3 N–H and O–H groups in total. The van der Waals surface area contributed by atoms with Crippen LogP contribution in [0.25, 0.3) is 11.2 Å². The molecule has 0 radical (unpaired) electrons. The number of H-pyrrole nitrogens is 1. The van der Waals surface area contributed by atoms with Crippen LogP contribution in [0.15, 0.2) is 6.33 Å². The summed E-state index contributed by atoms with van der Waals surface area (Å²) in [7, 11) is 3.97. The van der Waals surface area contributed by atoms with Gasteiger partial charge in [-0.1, -0.05) is 0 Å². The van der Waals surface area contributed by atoms with Crippen molar-refractivity contribution in [1.29, 1.82) is 0 Å². The van der Waals surface area contributed by atoms with E-state index in [2.05, 4.69) is 42.5 Å². The molecular formula is C12H19N7. The lowest BCUT2D eigenvalue weighted by Gasteiger charge is -2.29. The molecule has 0 saturated carbocycles. The number of hydrogen-bond donors (Lipinski definition) is 3. The van der Waals surface area contributed by atoms with Gasteiger partial charge in [0.25, 0.3) is 0 Å². The van der Waals surface area contributed by atoms with Crippen molar-refractivity contribution in [2.24, 2.45) is 0 Å². The van der Waals surface area contributed by atoms with E-state index >= 15 is 0 Å². The Bertz CT molecular complexity index is 556. The number of aromatic nitrogens is 4. The Labute approximate surface area is 111 Å². The molecule has 0 unspecified atom stereocenters. The first-order valence-electron chi connectivity index (χ1n) is 6.60. The lowest BCUT2D eigenvalue weighted by molar-refractivity contribution is 0.264. The summed E-state index contributed by atoms with van der Waals surface area (Å²) < 4.78 is 0. The van der Waals surface area contributed by atoms with Gasteiger partial charge in [0.1, 0.15) is 5.52 Å². The maximum atomic E-state index is 4.49. The van der Waals surface area contributed by atoms with E-state index in [0.717, 1.165) is 37.3 Å². The van der Waals surface area contributed by atoms with E-state index in [1.807, 2.05) is 7.05 Å². The molecule has 0 amide bonds. The summed E-state index contributed by atoms with van der Waals surface area (Å²) >= 11 is 0. The first-order chi connectivity index (χ1) is 9.26. The average molecular weight is 261 g/mol. The molecule has 1 aliphatic heterocycles. The van der Waals surface area contributed by atoms with Gasteiger partial charge >= 0.3 is 0 Å². The highest BCUT2D eigenvalue weighted by Gasteiger charge is 2.18. The van der Waals surface area contributed by atoms with Gasteiger partial charge in [0, 0.05) is 13.1 Å². The molecule has 102 valence electrons. The molecule has 0 aliphatic carbocycles. The van der Waals surface area contributed by atoms with Crippen molar-refractivity contribution in [3.8, 4) is 0 Å². The number of nitrogens with zero attached hydrogens (tertiary/aromatic N) is 4. The fraction of sp³-hybridized carbons (Fsp3) is 0.583. The number of anilines is 2. The molecule has 7 nitrogen and oxygen atoms in total. The zero-order chi connectivity index (χ0) is 13.2. The Kier molecular flexibility index (Phi) is 3.20. The molecule has 19 heavy (non-hydrogen) atoms. The predicted molar refractivity (Wildman–Crippen MR) is 75.4 cm³/mol. The van der Waals surface area contributed by atoms with Gasteiger partial charge in [-0.3, -0.25) is 0 Å². The van der Waals surface area contributed by atoms with Crippen molar-refractivity contribution >= 4 is 22.9 Å². The van der Waals surface area contributed by atoms with Gasteiger partial charge in [0.15, 0.2) is 11.5 Å². The Morgan fingerprint density at radius 2 is 2.11 bits per heavy atom. The van der Waals surface area contributed by atoms with Crippen molar-refractivity contribution < 1.29 is 0 Å². The minimum Gasteiger partial charge on any atom is -0.365 e. The highest BCUT2D eigenvalue weighted by Crippen LogP contribution is 2.21. The number of imidazole rings is 1. The van der Waals surface area contributed by atoms with Crippen molar-refractivity contribution in [1.82, 2.24) is 24.8 Å². The van der Waals surface area contributed by atoms with Gasteiger partial charge in [-0.05, 0) is 33.0 Å². The van der Waals surface area contributed by atoms with E-state index < -0.39 is 0 Å². The summed E-state index contributed by atoms with van der Waals surface area (Å²) in [6.07, 6.45) is 3.91. The van der Waals surface area contributed by atoms with Crippen LogP contribution in [0.4, 0.5) is 11.8 Å². The number of rotatable bonds is 3. The molecule has 7 heteroatoms. The van der Waals surface area contributed by atoms with E-state index in [-0.39, 0.29) is 0 Å². The third-order valence-electron chi connectivity index (χ3n) is 3.57. The lowest BCUT2D eigenvalue weighted by Crippen LogP contribution is -2.37. The molecule has 0 bridgehead atoms. The van der Waals surface area contributed by atoms with Crippen molar-refractivity contribution in [2.75, 3.05) is 37.8 Å². The summed E-state index contributed by atoms with van der Waals surface area (Å²) in [6, 6.07) is 0.460. The monoisotopic (exact) mass is 261 g/mol. The maximum absolute atomic E-state index is 4.49. The van der Waals surface area contributed by atoms with Crippen LogP contribution in [0.2, 0.25) is 0 Å². The second-order valence-electron chi connectivity index (χ2n) is 4.97. The fourth-order valence-electron chi connectivity index (χ4n) is 2.40. The number of piperidine rings is 1. The Morgan fingerprint density at radius 3 is 2.84 bits per heavy atom. The number of fused-ring (bicyclic) bond motifs is 1. The first kappa shape index (κ1) is 12.2. The van der Waals surface area contributed by atoms with Gasteiger partial charge < -0.3 is 20.5 Å². The highest BCUT2D eigenvalue weighted by molar-refractivity contribution is 5.83. The van der Waals surface area contributed by atoms with Crippen LogP contribution in [0, 0.1) is 0 Å². The van der Waals surface area contributed by atoms with Crippen LogP contribution >= 0.6 is 0 Å². The molecule has 0 aromatic carbocycles. The van der Waals surface area contributed by atoms with Crippen LogP contribution < -0.4 is 10.6 Å². The Hall–Kier alpha value is -1.89. The lowest BCUT2D eigenvalue weighted by atomic mass is 10.1. The zero-order valence-electron chi connectivity index (χ0n) is 11.3. The summed E-state index contributed by atoms with van der Waals surface area (Å²) in [4.78, 5) is 18.4. The molecule has 2 aromatic heterocycles. The summed E-state index contributed by atoms with van der Waals surface area (Å²) in [5, 5.41) is 6.49. The second kappa shape index (κ2) is 5.00. The van der Waals surface area contributed by atoms with E-state index in [0.29, 0.717) is 17.6 Å². The molecule has 0 spiro atoms. The average Bonchev–Trinajstić information content (AvgIpc) is 2.89. The van der Waals surface area contributed by atoms with Crippen molar-refractivity contribution in [3.63, 3.8) is 0 Å². The fourth-order valence-corrected chi connectivity index (χ4v) is 2.40. The first-order valence-corrected chi connectivity index (χ1v) is 6.60. The summed E-state index contributed by atoms with van der Waals surface area (Å²) in [5.41, 5.74) is 1.56. The number of likely N-dealkylation sites (tertiary alicyclic amines) is 1. The van der Waals surface area contributed by atoms with Crippen LogP contribution in [-0.2, 0) is 0 Å². The van der Waals surface area contributed by atoms with E-state index in [1.165, 1.54) is 0 Å². The van der Waals surface area contributed by atoms with Gasteiger partial charge in [-0.25, -0.2) is 4.98 Å².